The average molecular weight is 377 g/mol. The molecule has 0 aliphatic heterocycles. The lowest BCUT2D eigenvalue weighted by molar-refractivity contribution is 0.601. The van der Waals surface area contributed by atoms with Gasteiger partial charge in [-0.2, -0.15) is 0 Å². The van der Waals surface area contributed by atoms with Crippen LogP contribution in [0.15, 0.2) is 39.8 Å². The molecule has 2 rings (SSSR count). The van der Waals surface area contributed by atoms with Gasteiger partial charge in [0.25, 0.3) is 10.0 Å². The zero-order chi connectivity index (χ0) is 14.9. The number of nitrogen functional groups attached to an aromatic ring is 1. The number of hydrogen-bond donors (Lipinski definition) is 2. The number of hydrogen-bond acceptors (Lipinski definition) is 4. The van der Waals surface area contributed by atoms with E-state index in [4.69, 9.17) is 17.3 Å². The molecule has 1 heterocycles. The van der Waals surface area contributed by atoms with Crippen LogP contribution in [0, 0.1) is 6.92 Å². The second kappa shape index (κ2) is 5.59. The number of nitrogens with zero attached hydrogens (tertiary/aromatic N) is 1. The number of pyridine rings is 1. The van der Waals surface area contributed by atoms with Crippen molar-refractivity contribution < 1.29 is 8.42 Å². The molecule has 3 N–H and O–H groups in total. The molecule has 1 aromatic heterocycles. The molecule has 0 fully saturated rings. The van der Waals surface area contributed by atoms with Crippen molar-refractivity contribution in [2.45, 2.75) is 11.8 Å². The molecule has 0 spiro atoms. The Balaban J connectivity index is 2.38. The van der Waals surface area contributed by atoms with Crippen molar-refractivity contribution in [2.24, 2.45) is 0 Å². The van der Waals surface area contributed by atoms with Crippen LogP contribution in [0.3, 0.4) is 0 Å². The first-order valence-corrected chi connectivity index (χ1v) is 8.15. The molecule has 0 saturated heterocycles. The van der Waals surface area contributed by atoms with Gasteiger partial charge < -0.3 is 5.73 Å². The molecule has 8 heteroatoms. The summed E-state index contributed by atoms with van der Waals surface area (Å²) in [6.45, 7) is 1.83. The van der Waals surface area contributed by atoms with E-state index in [9.17, 15) is 8.42 Å². The third-order valence-corrected chi connectivity index (χ3v) is 4.98. The number of nitrogens with two attached hydrogens (primary N) is 1. The maximum atomic E-state index is 12.2. The van der Waals surface area contributed by atoms with Crippen LogP contribution in [-0.4, -0.2) is 13.4 Å². The van der Waals surface area contributed by atoms with E-state index in [0.717, 1.165) is 5.56 Å². The van der Waals surface area contributed by atoms with Gasteiger partial charge in [0.1, 0.15) is 10.7 Å². The third kappa shape index (κ3) is 3.23. The van der Waals surface area contributed by atoms with Gasteiger partial charge in [0.15, 0.2) is 0 Å². The van der Waals surface area contributed by atoms with Gasteiger partial charge in [0, 0.05) is 15.7 Å². The van der Waals surface area contributed by atoms with Crippen molar-refractivity contribution >= 4 is 49.1 Å². The number of rotatable bonds is 3. The largest absolute Gasteiger partial charge is 0.384 e. The van der Waals surface area contributed by atoms with Gasteiger partial charge >= 0.3 is 0 Å². The predicted octanol–water partition coefficient (Wildman–Crippen LogP) is 3.19. The summed E-state index contributed by atoms with van der Waals surface area (Å²) < 4.78 is 27.5. The number of halogens is 2. The van der Waals surface area contributed by atoms with E-state index in [1.54, 1.807) is 12.1 Å². The van der Waals surface area contributed by atoms with Gasteiger partial charge in [-0.25, -0.2) is 13.4 Å². The molecule has 106 valence electrons. The van der Waals surface area contributed by atoms with E-state index in [0.29, 0.717) is 15.2 Å². The van der Waals surface area contributed by atoms with Gasteiger partial charge in [0.2, 0.25) is 0 Å². The first kappa shape index (κ1) is 15.1. The molecule has 0 radical (unpaired) electrons. The molecule has 0 aliphatic rings. The van der Waals surface area contributed by atoms with Gasteiger partial charge in [-0.05, 0) is 52.7 Å². The summed E-state index contributed by atoms with van der Waals surface area (Å²) in [5.41, 5.74) is 6.63. The summed E-state index contributed by atoms with van der Waals surface area (Å²) in [6.07, 6.45) is 1.20. The Hall–Kier alpha value is -1.31. The molecule has 0 bridgehead atoms. The Morgan fingerprint density at radius 2 is 2.05 bits per heavy atom. The summed E-state index contributed by atoms with van der Waals surface area (Å²) in [5, 5.41) is 0.473. The Bertz CT molecular complexity index is 748. The van der Waals surface area contributed by atoms with E-state index in [2.05, 4.69) is 25.6 Å². The number of sulfonamides is 1. The van der Waals surface area contributed by atoms with E-state index >= 15 is 0 Å². The van der Waals surface area contributed by atoms with Crippen molar-refractivity contribution in [1.82, 2.24) is 4.98 Å². The van der Waals surface area contributed by atoms with Crippen LogP contribution in [0.2, 0.25) is 5.02 Å². The molecule has 5 nitrogen and oxygen atoms in total. The fraction of sp³-hybridized carbons (Fsp3) is 0.0833. The first-order chi connectivity index (χ1) is 9.29. The Kier molecular flexibility index (Phi) is 4.22. The van der Waals surface area contributed by atoms with Crippen LogP contribution in [0.1, 0.15) is 5.56 Å². The lowest BCUT2D eigenvalue weighted by Gasteiger charge is -2.11. The predicted molar refractivity (Wildman–Crippen MR) is 83.3 cm³/mol. The quantitative estimate of drug-likeness (QED) is 0.861. The third-order valence-electron chi connectivity index (χ3n) is 2.56. The lowest BCUT2D eigenvalue weighted by Crippen LogP contribution is -2.14. The smallest absolute Gasteiger partial charge is 0.263 e. The summed E-state index contributed by atoms with van der Waals surface area (Å²) in [7, 11) is -3.74. The van der Waals surface area contributed by atoms with Crippen LogP contribution in [0.4, 0.5) is 11.5 Å². The van der Waals surface area contributed by atoms with Crippen LogP contribution >= 0.6 is 27.5 Å². The summed E-state index contributed by atoms with van der Waals surface area (Å²) in [5.74, 6) is 0.253. The zero-order valence-corrected chi connectivity index (χ0v) is 13.6. The van der Waals surface area contributed by atoms with E-state index in [1.165, 1.54) is 18.3 Å². The van der Waals surface area contributed by atoms with Gasteiger partial charge in [-0.15, -0.1) is 0 Å². The summed E-state index contributed by atoms with van der Waals surface area (Å²) >= 11 is 9.29. The van der Waals surface area contributed by atoms with Crippen LogP contribution < -0.4 is 10.5 Å². The van der Waals surface area contributed by atoms with Crippen molar-refractivity contribution in [3.63, 3.8) is 0 Å². The SMILES string of the molecule is Cc1cc(Br)c(NS(=O)(=O)c2ccc(N)nc2)cc1Cl. The number of benzene rings is 1. The van der Waals surface area contributed by atoms with E-state index < -0.39 is 10.0 Å². The van der Waals surface area contributed by atoms with Crippen molar-refractivity contribution in [1.29, 1.82) is 0 Å². The molecule has 2 aromatic rings. The van der Waals surface area contributed by atoms with Crippen molar-refractivity contribution in [3.8, 4) is 0 Å². The zero-order valence-electron chi connectivity index (χ0n) is 10.4. The summed E-state index contributed by atoms with van der Waals surface area (Å²) in [4.78, 5) is 3.79. The highest BCUT2D eigenvalue weighted by atomic mass is 79.9. The molecular formula is C12H11BrClN3O2S. The second-order valence-electron chi connectivity index (χ2n) is 4.11. The fourth-order valence-electron chi connectivity index (χ4n) is 1.48. The molecule has 0 aliphatic carbocycles. The average Bonchev–Trinajstić information content (AvgIpc) is 2.36. The molecule has 20 heavy (non-hydrogen) atoms. The van der Waals surface area contributed by atoms with Gasteiger partial charge in [-0.3, -0.25) is 4.72 Å². The Labute approximate surface area is 130 Å². The molecule has 1 aromatic carbocycles. The number of nitrogens with one attached hydrogen (secondary N) is 1. The van der Waals surface area contributed by atoms with E-state index in [1.807, 2.05) is 6.92 Å². The van der Waals surface area contributed by atoms with Crippen molar-refractivity contribution in [2.75, 3.05) is 10.5 Å². The summed E-state index contributed by atoms with van der Waals surface area (Å²) in [6, 6.07) is 6.09. The van der Waals surface area contributed by atoms with Gasteiger partial charge in [0.05, 0.1) is 5.69 Å². The first-order valence-electron chi connectivity index (χ1n) is 5.49. The lowest BCUT2D eigenvalue weighted by atomic mass is 10.2. The maximum absolute atomic E-state index is 12.2. The molecular weight excluding hydrogens is 366 g/mol. The fourth-order valence-corrected chi connectivity index (χ4v) is 3.35. The van der Waals surface area contributed by atoms with Crippen molar-refractivity contribution in [3.05, 3.63) is 45.5 Å². The highest BCUT2D eigenvalue weighted by molar-refractivity contribution is 9.10. The van der Waals surface area contributed by atoms with Crippen LogP contribution in [-0.2, 0) is 10.0 Å². The molecule has 0 amide bonds. The second-order valence-corrected chi connectivity index (χ2v) is 7.05. The van der Waals surface area contributed by atoms with Crippen LogP contribution in [0.25, 0.3) is 0 Å². The highest BCUT2D eigenvalue weighted by Gasteiger charge is 2.16. The molecule has 0 saturated carbocycles. The number of aromatic nitrogens is 1. The standard InChI is InChI=1S/C12H11BrClN3O2S/c1-7-4-9(13)11(5-10(7)14)17-20(18,19)8-2-3-12(15)16-6-8/h2-6,17H,1H3,(H2,15,16). The Morgan fingerprint density at radius 3 is 2.65 bits per heavy atom. The normalized spacial score (nSPS) is 11.3. The van der Waals surface area contributed by atoms with Gasteiger partial charge in [-0.1, -0.05) is 11.6 Å². The molecule has 0 atom stereocenters. The maximum Gasteiger partial charge on any atom is 0.263 e. The number of anilines is 2. The minimum Gasteiger partial charge on any atom is -0.384 e. The minimum absolute atomic E-state index is 0.0234. The van der Waals surface area contributed by atoms with E-state index in [-0.39, 0.29) is 10.7 Å². The topological polar surface area (TPSA) is 85.1 Å². The molecule has 0 unspecified atom stereocenters. The highest BCUT2D eigenvalue weighted by Crippen LogP contribution is 2.30. The monoisotopic (exact) mass is 375 g/mol. The minimum atomic E-state index is -3.74. The van der Waals surface area contributed by atoms with Crippen LogP contribution in [0.5, 0.6) is 0 Å². The number of aryl methyl sites for hydroxylation is 1. The Morgan fingerprint density at radius 1 is 1.35 bits per heavy atom.